The molecule has 2 amide bonds. The van der Waals surface area contributed by atoms with E-state index in [0.29, 0.717) is 31.9 Å². The van der Waals surface area contributed by atoms with Crippen molar-refractivity contribution in [3.63, 3.8) is 0 Å². The molecule has 0 radical (unpaired) electrons. The SMILES string of the molecule is O=C(COc1ccnc2ccccc12)N1CCN(C(=O)C2CC2)CC1. The maximum atomic E-state index is 12.4. The van der Waals surface area contributed by atoms with Crippen molar-refractivity contribution < 1.29 is 14.3 Å². The highest BCUT2D eigenvalue weighted by Gasteiger charge is 2.35. The lowest BCUT2D eigenvalue weighted by atomic mass is 10.2. The molecular formula is C19H21N3O3. The Morgan fingerprint density at radius 2 is 1.76 bits per heavy atom. The number of ether oxygens (including phenoxy) is 1. The highest BCUT2D eigenvalue weighted by atomic mass is 16.5. The quantitative estimate of drug-likeness (QED) is 0.850. The van der Waals surface area contributed by atoms with Gasteiger partial charge in [0.05, 0.1) is 5.52 Å². The molecule has 2 aliphatic rings. The van der Waals surface area contributed by atoms with Crippen molar-refractivity contribution in [3.05, 3.63) is 36.5 Å². The van der Waals surface area contributed by atoms with Crippen molar-refractivity contribution in [1.29, 1.82) is 0 Å². The molecule has 6 heteroatoms. The summed E-state index contributed by atoms with van der Waals surface area (Å²) in [5.74, 6) is 1.12. The van der Waals surface area contributed by atoms with Gasteiger partial charge in [-0.15, -0.1) is 0 Å². The second kappa shape index (κ2) is 6.70. The number of pyridine rings is 1. The molecule has 0 atom stereocenters. The first-order valence-electron chi connectivity index (χ1n) is 8.75. The number of amides is 2. The number of fused-ring (bicyclic) bond motifs is 1. The fourth-order valence-corrected chi connectivity index (χ4v) is 3.19. The number of carbonyl (C=O) groups is 2. The number of carbonyl (C=O) groups excluding carboxylic acids is 2. The fourth-order valence-electron chi connectivity index (χ4n) is 3.19. The number of benzene rings is 1. The van der Waals surface area contributed by atoms with Gasteiger partial charge in [0.25, 0.3) is 5.91 Å². The number of piperazine rings is 1. The third kappa shape index (κ3) is 3.43. The van der Waals surface area contributed by atoms with E-state index < -0.39 is 0 Å². The summed E-state index contributed by atoms with van der Waals surface area (Å²) in [4.78, 5) is 32.4. The Bertz CT molecular complexity index is 790. The second-order valence-electron chi connectivity index (χ2n) is 6.60. The zero-order valence-electron chi connectivity index (χ0n) is 14.1. The van der Waals surface area contributed by atoms with Gasteiger partial charge in [0.2, 0.25) is 5.91 Å². The summed E-state index contributed by atoms with van der Waals surface area (Å²) in [5.41, 5.74) is 0.847. The van der Waals surface area contributed by atoms with Gasteiger partial charge >= 0.3 is 0 Å². The van der Waals surface area contributed by atoms with Crippen molar-refractivity contribution in [2.45, 2.75) is 12.8 Å². The fraction of sp³-hybridized carbons (Fsp3) is 0.421. The largest absolute Gasteiger partial charge is 0.483 e. The predicted octanol–water partition coefficient (Wildman–Crippen LogP) is 1.69. The molecule has 130 valence electrons. The summed E-state index contributed by atoms with van der Waals surface area (Å²) in [5, 5.41) is 0.901. The smallest absolute Gasteiger partial charge is 0.260 e. The van der Waals surface area contributed by atoms with E-state index in [-0.39, 0.29) is 24.3 Å². The van der Waals surface area contributed by atoms with E-state index >= 15 is 0 Å². The van der Waals surface area contributed by atoms with Gasteiger partial charge in [-0.25, -0.2) is 0 Å². The third-order valence-corrected chi connectivity index (χ3v) is 4.83. The molecule has 0 bridgehead atoms. The van der Waals surface area contributed by atoms with E-state index in [0.717, 1.165) is 23.7 Å². The number of para-hydroxylation sites is 1. The zero-order chi connectivity index (χ0) is 17.2. The lowest BCUT2D eigenvalue weighted by Gasteiger charge is -2.34. The molecule has 2 heterocycles. The Morgan fingerprint density at radius 1 is 1.04 bits per heavy atom. The first-order valence-corrected chi connectivity index (χ1v) is 8.75. The van der Waals surface area contributed by atoms with E-state index in [1.165, 1.54) is 0 Å². The molecule has 1 aliphatic heterocycles. The van der Waals surface area contributed by atoms with Gasteiger partial charge in [0.15, 0.2) is 6.61 Å². The Kier molecular flexibility index (Phi) is 4.26. The molecule has 1 saturated carbocycles. The second-order valence-corrected chi connectivity index (χ2v) is 6.60. The van der Waals surface area contributed by atoms with Crippen LogP contribution in [-0.4, -0.2) is 59.4 Å². The van der Waals surface area contributed by atoms with Gasteiger partial charge in [-0.2, -0.15) is 0 Å². The van der Waals surface area contributed by atoms with E-state index in [1.54, 1.807) is 17.2 Å². The van der Waals surface area contributed by atoms with Crippen molar-refractivity contribution in [2.24, 2.45) is 5.92 Å². The van der Waals surface area contributed by atoms with E-state index in [1.807, 2.05) is 29.2 Å². The summed E-state index contributed by atoms with van der Waals surface area (Å²) >= 11 is 0. The minimum atomic E-state index is -0.0422. The van der Waals surface area contributed by atoms with E-state index in [9.17, 15) is 9.59 Å². The van der Waals surface area contributed by atoms with Crippen molar-refractivity contribution in [1.82, 2.24) is 14.8 Å². The molecule has 0 unspecified atom stereocenters. The van der Waals surface area contributed by atoms with Gasteiger partial charge in [-0.1, -0.05) is 12.1 Å². The summed E-state index contributed by atoms with van der Waals surface area (Å²) in [6, 6.07) is 9.48. The van der Waals surface area contributed by atoms with Crippen LogP contribution in [0.25, 0.3) is 10.9 Å². The first kappa shape index (κ1) is 15.9. The molecule has 1 aromatic carbocycles. The van der Waals surface area contributed by atoms with Gasteiger partial charge in [-0.05, 0) is 31.0 Å². The molecule has 1 aliphatic carbocycles. The molecule has 2 aromatic rings. The Balaban J connectivity index is 1.32. The summed E-state index contributed by atoms with van der Waals surface area (Å²) < 4.78 is 5.75. The number of hydrogen-bond acceptors (Lipinski definition) is 4. The molecule has 1 aromatic heterocycles. The topological polar surface area (TPSA) is 62.7 Å². The lowest BCUT2D eigenvalue weighted by molar-refractivity contribution is -0.141. The van der Waals surface area contributed by atoms with Gasteiger partial charge < -0.3 is 14.5 Å². The highest BCUT2D eigenvalue weighted by Crippen LogP contribution is 2.31. The Morgan fingerprint density at radius 3 is 2.52 bits per heavy atom. The highest BCUT2D eigenvalue weighted by molar-refractivity contribution is 5.85. The predicted molar refractivity (Wildman–Crippen MR) is 93.1 cm³/mol. The molecule has 2 fully saturated rings. The molecule has 6 nitrogen and oxygen atoms in total. The van der Waals surface area contributed by atoms with Crippen molar-refractivity contribution >= 4 is 22.7 Å². The number of nitrogens with zero attached hydrogens (tertiary/aromatic N) is 3. The van der Waals surface area contributed by atoms with Crippen LogP contribution >= 0.6 is 0 Å². The standard InChI is InChI=1S/C19H21N3O3/c23-18(21-9-11-22(12-10-21)19(24)14-5-6-14)13-25-17-7-8-20-16-4-2-1-3-15(16)17/h1-4,7-8,14H,5-6,9-13H2. The molecule has 4 rings (SSSR count). The average Bonchev–Trinajstić information content (AvgIpc) is 3.51. The third-order valence-electron chi connectivity index (χ3n) is 4.83. The number of aromatic nitrogens is 1. The normalized spacial score (nSPS) is 17.6. The lowest BCUT2D eigenvalue weighted by Crippen LogP contribution is -2.52. The first-order chi connectivity index (χ1) is 12.2. The van der Waals surface area contributed by atoms with Crippen LogP contribution < -0.4 is 4.74 Å². The Hall–Kier alpha value is -2.63. The van der Waals surface area contributed by atoms with Crippen LogP contribution in [0.1, 0.15) is 12.8 Å². The molecular weight excluding hydrogens is 318 g/mol. The van der Waals surface area contributed by atoms with Gasteiger partial charge in [-0.3, -0.25) is 14.6 Å². The Labute approximate surface area is 146 Å². The van der Waals surface area contributed by atoms with Crippen LogP contribution in [0, 0.1) is 5.92 Å². The summed E-state index contributed by atoms with van der Waals surface area (Å²) in [6.45, 7) is 2.42. The minimum absolute atomic E-state index is 0.00454. The van der Waals surface area contributed by atoms with Crippen LogP contribution in [0.15, 0.2) is 36.5 Å². The summed E-state index contributed by atoms with van der Waals surface area (Å²) in [6.07, 6.45) is 3.72. The van der Waals surface area contributed by atoms with Crippen LogP contribution in [0.4, 0.5) is 0 Å². The van der Waals surface area contributed by atoms with Gasteiger partial charge in [0, 0.05) is 43.7 Å². The minimum Gasteiger partial charge on any atom is -0.483 e. The maximum Gasteiger partial charge on any atom is 0.260 e. The maximum absolute atomic E-state index is 12.4. The average molecular weight is 339 g/mol. The molecule has 0 spiro atoms. The molecule has 1 saturated heterocycles. The zero-order valence-corrected chi connectivity index (χ0v) is 14.1. The van der Waals surface area contributed by atoms with Crippen LogP contribution in [0.2, 0.25) is 0 Å². The van der Waals surface area contributed by atoms with Crippen LogP contribution in [0.5, 0.6) is 5.75 Å². The molecule has 0 N–H and O–H groups in total. The van der Waals surface area contributed by atoms with Crippen molar-refractivity contribution in [3.8, 4) is 5.75 Å². The number of hydrogen-bond donors (Lipinski definition) is 0. The summed E-state index contributed by atoms with van der Waals surface area (Å²) in [7, 11) is 0. The van der Waals surface area contributed by atoms with E-state index in [2.05, 4.69) is 4.98 Å². The van der Waals surface area contributed by atoms with Crippen molar-refractivity contribution in [2.75, 3.05) is 32.8 Å². The van der Waals surface area contributed by atoms with Gasteiger partial charge in [0.1, 0.15) is 5.75 Å². The molecule has 25 heavy (non-hydrogen) atoms. The van der Waals surface area contributed by atoms with Crippen LogP contribution in [-0.2, 0) is 9.59 Å². The monoisotopic (exact) mass is 339 g/mol. The van der Waals surface area contributed by atoms with Crippen LogP contribution in [0.3, 0.4) is 0 Å². The van der Waals surface area contributed by atoms with E-state index in [4.69, 9.17) is 4.74 Å². The number of rotatable bonds is 4.